The van der Waals surface area contributed by atoms with Gasteiger partial charge in [-0.2, -0.15) is 0 Å². The first kappa shape index (κ1) is 13.8. The molecule has 2 rings (SSSR count). The maximum Gasteiger partial charge on any atom is 0.331 e. The molecule has 1 aliphatic carbocycles. The molecule has 0 radical (unpaired) electrons. The highest BCUT2D eigenvalue weighted by molar-refractivity contribution is 5.84. The standard InChI is InChI=1S/C15H20FNO2/c1-11-7-9-15(10-8-11,14(18)19-2)17-13-6-4-3-5-12(13)16/h3-6,11,17H,7-10H2,1-2H3. The molecule has 0 heterocycles. The van der Waals surface area contributed by atoms with Crippen LogP contribution in [0.1, 0.15) is 32.6 Å². The van der Waals surface area contributed by atoms with Crippen LogP contribution in [-0.4, -0.2) is 18.6 Å². The molecule has 0 aromatic heterocycles. The summed E-state index contributed by atoms with van der Waals surface area (Å²) >= 11 is 0. The number of benzene rings is 1. The Bertz CT molecular complexity index is 453. The van der Waals surface area contributed by atoms with Gasteiger partial charge in [0.25, 0.3) is 0 Å². The molecule has 1 saturated carbocycles. The molecule has 1 N–H and O–H groups in total. The van der Waals surface area contributed by atoms with Crippen LogP contribution < -0.4 is 5.32 Å². The van der Waals surface area contributed by atoms with E-state index in [9.17, 15) is 9.18 Å². The fourth-order valence-electron chi connectivity index (χ4n) is 2.65. The topological polar surface area (TPSA) is 38.3 Å². The number of hydrogen-bond donors (Lipinski definition) is 1. The van der Waals surface area contributed by atoms with E-state index in [2.05, 4.69) is 12.2 Å². The molecule has 0 bridgehead atoms. The number of methoxy groups -OCH3 is 1. The third kappa shape index (κ3) is 2.88. The van der Waals surface area contributed by atoms with Crippen molar-refractivity contribution in [1.29, 1.82) is 0 Å². The van der Waals surface area contributed by atoms with Gasteiger partial charge in [0.2, 0.25) is 0 Å². The van der Waals surface area contributed by atoms with E-state index in [0.717, 1.165) is 12.8 Å². The molecule has 1 fully saturated rings. The second kappa shape index (κ2) is 5.59. The fraction of sp³-hybridized carbons (Fsp3) is 0.533. The van der Waals surface area contributed by atoms with Gasteiger partial charge < -0.3 is 10.1 Å². The monoisotopic (exact) mass is 265 g/mol. The molecular weight excluding hydrogens is 245 g/mol. The van der Waals surface area contributed by atoms with E-state index < -0.39 is 5.54 Å². The Morgan fingerprint density at radius 3 is 2.58 bits per heavy atom. The summed E-state index contributed by atoms with van der Waals surface area (Å²) in [7, 11) is 1.38. The van der Waals surface area contributed by atoms with Gasteiger partial charge >= 0.3 is 5.97 Å². The van der Waals surface area contributed by atoms with Crippen LogP contribution in [0, 0.1) is 11.7 Å². The maximum atomic E-state index is 13.7. The van der Waals surface area contributed by atoms with Crippen LogP contribution in [0.25, 0.3) is 0 Å². The molecular formula is C15H20FNO2. The molecule has 0 amide bonds. The van der Waals surface area contributed by atoms with Crippen molar-refractivity contribution in [3.05, 3.63) is 30.1 Å². The molecule has 4 heteroatoms. The first-order valence-electron chi connectivity index (χ1n) is 6.68. The molecule has 1 aromatic carbocycles. The van der Waals surface area contributed by atoms with Gasteiger partial charge in [-0.25, -0.2) is 9.18 Å². The lowest BCUT2D eigenvalue weighted by Crippen LogP contribution is -2.49. The Kier molecular flexibility index (Phi) is 4.08. The van der Waals surface area contributed by atoms with Crippen molar-refractivity contribution in [2.45, 2.75) is 38.1 Å². The largest absolute Gasteiger partial charge is 0.467 e. The Morgan fingerprint density at radius 2 is 2.00 bits per heavy atom. The van der Waals surface area contributed by atoms with Crippen LogP contribution in [0.2, 0.25) is 0 Å². The van der Waals surface area contributed by atoms with Crippen molar-refractivity contribution in [3.63, 3.8) is 0 Å². The van der Waals surface area contributed by atoms with E-state index in [1.165, 1.54) is 13.2 Å². The number of anilines is 1. The number of carbonyl (C=O) groups is 1. The van der Waals surface area contributed by atoms with E-state index in [0.29, 0.717) is 24.4 Å². The maximum absolute atomic E-state index is 13.7. The third-order valence-corrected chi connectivity index (χ3v) is 3.95. The molecule has 1 aliphatic rings. The van der Waals surface area contributed by atoms with Crippen molar-refractivity contribution in [3.8, 4) is 0 Å². The van der Waals surface area contributed by atoms with Gasteiger partial charge in [0.15, 0.2) is 0 Å². The first-order chi connectivity index (χ1) is 9.07. The smallest absolute Gasteiger partial charge is 0.331 e. The van der Waals surface area contributed by atoms with Crippen LogP contribution in [0.5, 0.6) is 0 Å². The van der Waals surface area contributed by atoms with Crippen LogP contribution in [-0.2, 0) is 9.53 Å². The lowest BCUT2D eigenvalue weighted by molar-refractivity contribution is -0.147. The molecule has 0 atom stereocenters. The number of halogens is 1. The van der Waals surface area contributed by atoms with Crippen LogP contribution in [0.15, 0.2) is 24.3 Å². The van der Waals surface area contributed by atoms with Gasteiger partial charge in [-0.15, -0.1) is 0 Å². The Hall–Kier alpha value is -1.58. The summed E-state index contributed by atoms with van der Waals surface area (Å²) in [6.45, 7) is 2.17. The Labute approximate surface area is 113 Å². The van der Waals surface area contributed by atoms with Gasteiger partial charge in [-0.1, -0.05) is 19.1 Å². The predicted octanol–water partition coefficient (Wildman–Crippen LogP) is 3.36. The van der Waals surface area contributed by atoms with Crippen LogP contribution >= 0.6 is 0 Å². The molecule has 3 nitrogen and oxygen atoms in total. The van der Waals surface area contributed by atoms with Gasteiger partial charge in [0.1, 0.15) is 11.4 Å². The molecule has 19 heavy (non-hydrogen) atoms. The molecule has 104 valence electrons. The number of rotatable bonds is 3. The van der Waals surface area contributed by atoms with E-state index in [1.807, 2.05) is 0 Å². The number of nitrogens with one attached hydrogen (secondary N) is 1. The van der Waals surface area contributed by atoms with Crippen molar-refractivity contribution in [1.82, 2.24) is 0 Å². The third-order valence-electron chi connectivity index (χ3n) is 3.95. The minimum Gasteiger partial charge on any atom is -0.467 e. The lowest BCUT2D eigenvalue weighted by atomic mass is 9.77. The average Bonchev–Trinajstić information content (AvgIpc) is 2.43. The Morgan fingerprint density at radius 1 is 1.37 bits per heavy atom. The van der Waals surface area contributed by atoms with Gasteiger partial charge in [-0.3, -0.25) is 0 Å². The molecule has 0 spiro atoms. The molecule has 0 unspecified atom stereocenters. The normalized spacial score (nSPS) is 26.8. The zero-order valence-electron chi connectivity index (χ0n) is 11.4. The van der Waals surface area contributed by atoms with E-state index in [-0.39, 0.29) is 11.8 Å². The zero-order valence-corrected chi connectivity index (χ0v) is 11.4. The van der Waals surface area contributed by atoms with E-state index in [1.54, 1.807) is 18.2 Å². The average molecular weight is 265 g/mol. The second-order valence-electron chi connectivity index (χ2n) is 5.36. The molecule has 0 aliphatic heterocycles. The van der Waals surface area contributed by atoms with E-state index in [4.69, 9.17) is 4.74 Å². The number of carbonyl (C=O) groups excluding carboxylic acids is 1. The summed E-state index contributed by atoms with van der Waals surface area (Å²) in [5.41, 5.74) is -0.425. The zero-order chi connectivity index (χ0) is 13.9. The molecule has 1 aromatic rings. The number of ether oxygens (including phenoxy) is 1. The molecule has 0 saturated heterocycles. The van der Waals surface area contributed by atoms with Crippen molar-refractivity contribution in [2.75, 3.05) is 12.4 Å². The van der Waals surface area contributed by atoms with Gasteiger partial charge in [0, 0.05) is 0 Å². The summed E-state index contributed by atoms with van der Waals surface area (Å²) < 4.78 is 18.7. The predicted molar refractivity (Wildman–Crippen MR) is 72.4 cm³/mol. The second-order valence-corrected chi connectivity index (χ2v) is 5.36. The van der Waals surface area contributed by atoms with E-state index >= 15 is 0 Å². The summed E-state index contributed by atoms with van der Waals surface area (Å²) in [6.07, 6.45) is 3.23. The van der Waals surface area contributed by atoms with Crippen LogP contribution in [0.3, 0.4) is 0 Å². The van der Waals surface area contributed by atoms with Gasteiger partial charge in [0.05, 0.1) is 12.8 Å². The lowest BCUT2D eigenvalue weighted by Gasteiger charge is -2.38. The van der Waals surface area contributed by atoms with Gasteiger partial charge in [-0.05, 0) is 43.7 Å². The number of esters is 1. The minimum absolute atomic E-state index is 0.303. The highest BCUT2D eigenvalue weighted by atomic mass is 19.1. The number of para-hydroxylation sites is 1. The van der Waals surface area contributed by atoms with Crippen molar-refractivity contribution in [2.24, 2.45) is 5.92 Å². The van der Waals surface area contributed by atoms with Crippen molar-refractivity contribution >= 4 is 11.7 Å². The summed E-state index contributed by atoms with van der Waals surface area (Å²) in [5, 5.41) is 3.08. The summed E-state index contributed by atoms with van der Waals surface area (Å²) in [6, 6.07) is 6.42. The Balaban J connectivity index is 2.24. The minimum atomic E-state index is -0.788. The first-order valence-corrected chi connectivity index (χ1v) is 6.68. The summed E-state index contributed by atoms with van der Waals surface area (Å²) in [4.78, 5) is 12.1. The quantitative estimate of drug-likeness (QED) is 0.852. The fourth-order valence-corrected chi connectivity index (χ4v) is 2.65. The number of hydrogen-bond acceptors (Lipinski definition) is 3. The SMILES string of the molecule is COC(=O)C1(Nc2ccccc2F)CCC(C)CC1. The highest BCUT2D eigenvalue weighted by Crippen LogP contribution is 2.36. The van der Waals surface area contributed by atoms with Crippen LogP contribution in [0.4, 0.5) is 10.1 Å². The summed E-state index contributed by atoms with van der Waals surface area (Å²) in [5.74, 6) is -0.0488. The highest BCUT2D eigenvalue weighted by Gasteiger charge is 2.42. The van der Waals surface area contributed by atoms with Crippen molar-refractivity contribution < 1.29 is 13.9 Å².